The van der Waals surface area contributed by atoms with Gasteiger partial charge in [0, 0.05) is 31.4 Å². The fourth-order valence-corrected chi connectivity index (χ4v) is 3.83. The van der Waals surface area contributed by atoms with Crippen LogP contribution in [-0.4, -0.2) is 71.5 Å². The number of hydrogen-bond acceptors (Lipinski definition) is 8. The molecule has 3 heterocycles. The Morgan fingerprint density at radius 3 is 2.53 bits per heavy atom. The Morgan fingerprint density at radius 2 is 1.97 bits per heavy atom. The molecule has 10 nitrogen and oxygen atoms in total. The van der Waals surface area contributed by atoms with Gasteiger partial charge in [0.05, 0.1) is 6.61 Å². The molecule has 0 bridgehead atoms. The van der Waals surface area contributed by atoms with Crippen molar-refractivity contribution in [2.24, 2.45) is 5.92 Å². The van der Waals surface area contributed by atoms with E-state index in [1.807, 2.05) is 4.57 Å². The van der Waals surface area contributed by atoms with Crippen molar-refractivity contribution in [2.75, 3.05) is 6.61 Å². The average molecular weight is 438 g/mol. The highest BCUT2D eigenvalue weighted by Gasteiger charge is 2.46. The number of aromatic nitrogens is 4. The van der Waals surface area contributed by atoms with Crippen molar-refractivity contribution in [3.63, 3.8) is 0 Å². The molecule has 164 valence electrons. The van der Waals surface area contributed by atoms with E-state index >= 15 is 0 Å². The van der Waals surface area contributed by atoms with E-state index in [2.05, 4.69) is 29.2 Å². The van der Waals surface area contributed by atoms with Gasteiger partial charge in [0.25, 0.3) is 0 Å². The number of amides is 1. The maximum Gasteiger partial charge on any atom is 0.217 e. The lowest BCUT2D eigenvalue weighted by Crippen LogP contribution is -2.62. The molecule has 11 heteroatoms. The summed E-state index contributed by atoms with van der Waals surface area (Å²) in [6.07, 6.45) is -1.55. The first kappa shape index (κ1) is 22.5. The van der Waals surface area contributed by atoms with Crippen LogP contribution in [0, 0.1) is 10.7 Å². The number of hydrogen-bond donors (Lipinski definition) is 4. The molecule has 1 amide bonds. The fraction of sp³-hybridized carbons (Fsp3) is 0.579. The zero-order valence-electron chi connectivity index (χ0n) is 17.0. The van der Waals surface area contributed by atoms with Crippen molar-refractivity contribution in [3.05, 3.63) is 29.3 Å². The summed E-state index contributed by atoms with van der Waals surface area (Å²) in [6.45, 7) is 5.47. The van der Waals surface area contributed by atoms with Crippen LogP contribution in [0.3, 0.4) is 0 Å². The quantitative estimate of drug-likeness (QED) is 0.473. The third-order valence-electron chi connectivity index (χ3n) is 4.88. The summed E-state index contributed by atoms with van der Waals surface area (Å²) in [7, 11) is 0. The molecule has 0 unspecified atom stereocenters. The summed E-state index contributed by atoms with van der Waals surface area (Å²) in [5.41, 5.74) is 0.793. The van der Waals surface area contributed by atoms with Crippen LogP contribution in [0.25, 0.3) is 11.4 Å². The fourth-order valence-electron chi connectivity index (χ4n) is 3.52. The Balaban J connectivity index is 2.13. The van der Waals surface area contributed by atoms with Gasteiger partial charge in [-0.3, -0.25) is 14.3 Å². The van der Waals surface area contributed by atoms with E-state index < -0.39 is 43.1 Å². The zero-order valence-corrected chi connectivity index (χ0v) is 17.9. The topological polar surface area (TPSA) is 135 Å². The Bertz CT molecular complexity index is 931. The molecule has 0 spiro atoms. The molecular weight excluding hydrogens is 410 g/mol. The van der Waals surface area contributed by atoms with Crippen molar-refractivity contribution in [1.29, 1.82) is 0 Å². The minimum Gasteiger partial charge on any atom is -0.394 e. The number of nitrogens with zero attached hydrogens (tertiary/aromatic N) is 4. The van der Waals surface area contributed by atoms with Crippen LogP contribution in [0.2, 0.25) is 0 Å². The molecule has 2 aromatic rings. The molecule has 0 aromatic carbocycles. The maximum absolute atomic E-state index is 11.7. The van der Waals surface area contributed by atoms with E-state index in [9.17, 15) is 20.1 Å². The first-order valence-corrected chi connectivity index (χ1v) is 10.1. The van der Waals surface area contributed by atoms with Gasteiger partial charge in [-0.25, -0.2) is 4.68 Å². The molecule has 0 radical (unpaired) electrons. The van der Waals surface area contributed by atoms with Gasteiger partial charge >= 0.3 is 0 Å². The highest BCUT2D eigenvalue weighted by molar-refractivity contribution is 7.71. The van der Waals surface area contributed by atoms with Crippen LogP contribution in [0.15, 0.2) is 24.5 Å². The van der Waals surface area contributed by atoms with Gasteiger partial charge in [-0.05, 0) is 30.3 Å². The summed E-state index contributed by atoms with van der Waals surface area (Å²) in [6, 6.07) is 2.60. The molecule has 5 atom stereocenters. The second kappa shape index (κ2) is 9.31. The average Bonchev–Trinajstić information content (AvgIpc) is 3.02. The zero-order chi connectivity index (χ0) is 22.0. The molecule has 2 aromatic heterocycles. The van der Waals surface area contributed by atoms with Gasteiger partial charge in [0.2, 0.25) is 10.7 Å². The van der Waals surface area contributed by atoms with E-state index in [0.717, 1.165) is 5.56 Å². The summed E-state index contributed by atoms with van der Waals surface area (Å²) < 4.78 is 9.44. The first-order valence-electron chi connectivity index (χ1n) is 9.73. The number of aliphatic hydroxyl groups excluding tert-OH is 3. The molecule has 1 saturated heterocycles. The summed E-state index contributed by atoms with van der Waals surface area (Å²) in [5, 5.41) is 37.7. The Morgan fingerprint density at radius 1 is 1.30 bits per heavy atom. The second-order valence-electron chi connectivity index (χ2n) is 7.75. The predicted octanol–water partition coefficient (Wildman–Crippen LogP) is 0.248. The molecule has 1 aliphatic heterocycles. The predicted molar refractivity (Wildman–Crippen MR) is 110 cm³/mol. The van der Waals surface area contributed by atoms with E-state index in [1.54, 1.807) is 24.5 Å². The lowest BCUT2D eigenvalue weighted by Gasteiger charge is -2.42. The molecule has 4 N–H and O–H groups in total. The van der Waals surface area contributed by atoms with Crippen LogP contribution in [0.1, 0.15) is 27.0 Å². The summed E-state index contributed by atoms with van der Waals surface area (Å²) >= 11 is 5.67. The van der Waals surface area contributed by atoms with Crippen molar-refractivity contribution >= 4 is 18.1 Å². The van der Waals surface area contributed by atoms with Crippen molar-refractivity contribution in [2.45, 2.75) is 57.9 Å². The third-order valence-corrected chi connectivity index (χ3v) is 5.29. The molecule has 1 aliphatic rings. The number of nitrogens with one attached hydrogen (secondary N) is 1. The number of aliphatic hydroxyl groups is 3. The molecule has 30 heavy (non-hydrogen) atoms. The number of rotatable bonds is 6. The minimum absolute atomic E-state index is 0.269. The van der Waals surface area contributed by atoms with E-state index in [1.165, 1.54) is 11.6 Å². The highest BCUT2D eigenvalue weighted by Crippen LogP contribution is 2.30. The minimum atomic E-state index is -1.38. The van der Waals surface area contributed by atoms with Crippen LogP contribution in [-0.2, 0) is 16.1 Å². The van der Waals surface area contributed by atoms with Gasteiger partial charge in [-0.15, -0.1) is 5.10 Å². The van der Waals surface area contributed by atoms with Crippen LogP contribution < -0.4 is 5.32 Å². The smallest absolute Gasteiger partial charge is 0.217 e. The second-order valence-corrected chi connectivity index (χ2v) is 8.11. The number of carbonyl (C=O) groups is 1. The molecular formula is C19H27N5O5S. The van der Waals surface area contributed by atoms with Crippen LogP contribution >= 0.6 is 12.2 Å². The molecule has 0 aliphatic carbocycles. The highest BCUT2D eigenvalue weighted by atomic mass is 32.1. The molecule has 3 rings (SSSR count). The summed E-state index contributed by atoms with van der Waals surface area (Å²) in [4.78, 5) is 15.8. The standard InChI is InChI=1S/C19H27N5O5S/c1-10(2)8-23-17(12-4-6-20-7-5-12)22-24(19(23)30)18-14(21-11(3)26)16(28)15(27)13(9-25)29-18/h4-7,10,13-16,18,25,27-28H,8-9H2,1-3H3,(H,21,26)/t13-,14-,15-,16-,18-/m1/s1. The maximum atomic E-state index is 11.7. The van der Waals surface area contributed by atoms with Crippen molar-refractivity contribution < 1.29 is 24.9 Å². The Kier molecular flexibility index (Phi) is 6.98. The molecule has 0 saturated carbocycles. The van der Waals surface area contributed by atoms with Gasteiger partial charge in [0.1, 0.15) is 24.4 Å². The monoisotopic (exact) mass is 437 g/mol. The Hall–Kier alpha value is -2.18. The van der Waals surface area contributed by atoms with Crippen molar-refractivity contribution in [3.8, 4) is 11.4 Å². The van der Waals surface area contributed by atoms with Gasteiger partial charge in [-0.2, -0.15) is 0 Å². The molecule has 1 fully saturated rings. The van der Waals surface area contributed by atoms with Gasteiger partial charge in [0.15, 0.2) is 12.1 Å². The SMILES string of the molecule is CC(=O)N[C@@H]1[C@@H](O)[C@H](O)[C@@H](CO)O[C@H]1n1nc(-c2ccncc2)n(CC(C)C)c1=S. The first-order chi connectivity index (χ1) is 14.2. The van der Waals surface area contributed by atoms with E-state index in [4.69, 9.17) is 17.0 Å². The third kappa shape index (κ3) is 4.44. The number of pyridine rings is 1. The van der Waals surface area contributed by atoms with Gasteiger partial charge in [-0.1, -0.05) is 13.8 Å². The van der Waals surface area contributed by atoms with Crippen LogP contribution in [0.5, 0.6) is 0 Å². The van der Waals surface area contributed by atoms with Gasteiger partial charge < -0.3 is 25.4 Å². The number of ether oxygens (including phenoxy) is 1. The lowest BCUT2D eigenvalue weighted by molar-refractivity contribution is -0.219. The number of carbonyl (C=O) groups excluding carboxylic acids is 1. The van der Waals surface area contributed by atoms with E-state index in [0.29, 0.717) is 17.1 Å². The normalized spacial score (nSPS) is 26.7. The van der Waals surface area contributed by atoms with Crippen LogP contribution in [0.4, 0.5) is 0 Å². The largest absolute Gasteiger partial charge is 0.394 e. The lowest BCUT2D eigenvalue weighted by atomic mass is 9.96. The van der Waals surface area contributed by atoms with E-state index in [-0.39, 0.29) is 5.92 Å². The summed E-state index contributed by atoms with van der Waals surface area (Å²) in [5.74, 6) is 0.443. The Labute approximate surface area is 179 Å². The van der Waals surface area contributed by atoms with Crippen molar-refractivity contribution in [1.82, 2.24) is 24.6 Å².